The number of nitrogens with zero attached hydrogens (tertiary/aromatic N) is 2. The third kappa shape index (κ3) is 2.75. The first kappa shape index (κ1) is 13.2. The summed E-state index contributed by atoms with van der Waals surface area (Å²) in [6, 6.07) is -0.948. The number of thioether (sulfide) groups is 1. The van der Waals surface area contributed by atoms with Crippen molar-refractivity contribution < 1.29 is 24.2 Å². The van der Waals surface area contributed by atoms with Gasteiger partial charge in [0, 0.05) is 6.54 Å². The van der Waals surface area contributed by atoms with E-state index in [9.17, 15) is 14.4 Å². The number of aliphatic carboxylic acids is 1. The minimum atomic E-state index is -1.08. The van der Waals surface area contributed by atoms with Crippen LogP contribution in [0.1, 0.15) is 0 Å². The normalized spacial score (nSPS) is 24.4. The van der Waals surface area contributed by atoms with Crippen molar-refractivity contribution in [2.75, 3.05) is 37.9 Å². The molecule has 2 fully saturated rings. The summed E-state index contributed by atoms with van der Waals surface area (Å²) < 4.78 is 5.06. The fraction of sp³-hybridized carbons (Fsp3) is 0.700. The number of carbonyl (C=O) groups excluding carboxylic acids is 2. The molecule has 0 unspecified atom stereocenters. The Morgan fingerprint density at radius 1 is 1.50 bits per heavy atom. The van der Waals surface area contributed by atoms with E-state index in [0.29, 0.717) is 18.2 Å². The highest BCUT2D eigenvalue weighted by Crippen LogP contribution is 2.16. The van der Waals surface area contributed by atoms with Crippen LogP contribution < -0.4 is 0 Å². The number of ether oxygens (including phenoxy) is 1. The van der Waals surface area contributed by atoms with Gasteiger partial charge in [0.25, 0.3) is 0 Å². The first-order valence-corrected chi connectivity index (χ1v) is 6.70. The quantitative estimate of drug-likeness (QED) is 0.698. The minimum Gasteiger partial charge on any atom is -0.480 e. The molecule has 2 saturated heterocycles. The second-order valence-corrected chi connectivity index (χ2v) is 5.04. The van der Waals surface area contributed by atoms with Crippen molar-refractivity contribution in [1.82, 2.24) is 9.80 Å². The summed E-state index contributed by atoms with van der Waals surface area (Å²) >= 11 is 1.45. The Kier molecular flexibility index (Phi) is 4.07. The molecule has 2 aliphatic rings. The summed E-state index contributed by atoms with van der Waals surface area (Å²) in [4.78, 5) is 37.2. The highest BCUT2D eigenvalue weighted by atomic mass is 32.2. The second-order valence-electron chi connectivity index (χ2n) is 4.09. The van der Waals surface area contributed by atoms with Gasteiger partial charge in [-0.15, -0.1) is 11.8 Å². The van der Waals surface area contributed by atoms with Crippen LogP contribution in [0.15, 0.2) is 0 Å². The Morgan fingerprint density at radius 2 is 2.28 bits per heavy atom. The van der Waals surface area contributed by atoms with Crippen LogP contribution in [0.25, 0.3) is 0 Å². The SMILES string of the molecule is O=C(O)[C@H]1COCCN1C(=O)CN1CSCC1=O. The van der Waals surface area contributed by atoms with Gasteiger partial charge in [0.2, 0.25) is 11.8 Å². The van der Waals surface area contributed by atoms with Crippen molar-refractivity contribution >= 4 is 29.5 Å². The molecule has 2 rings (SSSR count). The lowest BCUT2D eigenvalue weighted by molar-refractivity contribution is -0.159. The van der Waals surface area contributed by atoms with E-state index in [1.807, 2.05) is 0 Å². The first-order valence-electron chi connectivity index (χ1n) is 5.55. The monoisotopic (exact) mass is 274 g/mol. The second kappa shape index (κ2) is 5.57. The van der Waals surface area contributed by atoms with E-state index in [1.54, 1.807) is 0 Å². The van der Waals surface area contributed by atoms with Gasteiger partial charge in [-0.25, -0.2) is 4.79 Å². The molecule has 0 bridgehead atoms. The molecular weight excluding hydrogens is 260 g/mol. The zero-order chi connectivity index (χ0) is 13.1. The Balaban J connectivity index is 1.97. The molecule has 0 aliphatic carbocycles. The number of carboxylic acid groups (broad SMARTS) is 1. The summed E-state index contributed by atoms with van der Waals surface area (Å²) in [7, 11) is 0. The van der Waals surface area contributed by atoms with Crippen molar-refractivity contribution in [2.45, 2.75) is 6.04 Å². The van der Waals surface area contributed by atoms with Gasteiger partial charge in [-0.1, -0.05) is 0 Å². The van der Waals surface area contributed by atoms with Crippen LogP contribution in [0, 0.1) is 0 Å². The molecule has 0 radical (unpaired) electrons. The number of hydrogen-bond acceptors (Lipinski definition) is 5. The van der Waals surface area contributed by atoms with Crippen LogP contribution in [0.3, 0.4) is 0 Å². The summed E-state index contributed by atoms with van der Waals surface area (Å²) in [6.07, 6.45) is 0. The van der Waals surface area contributed by atoms with E-state index in [1.165, 1.54) is 21.6 Å². The summed E-state index contributed by atoms with van der Waals surface area (Å²) in [5, 5.41) is 9.01. The van der Waals surface area contributed by atoms with E-state index in [0.717, 1.165) is 0 Å². The maximum Gasteiger partial charge on any atom is 0.328 e. The standard InChI is InChI=1S/C10H14N2O5S/c13-8(3-11-6-18-5-9(11)14)12-1-2-17-4-7(12)10(15)16/h7H,1-6H2,(H,15,16)/t7-/m1/s1. The minimum absolute atomic E-state index is 0.00374. The number of morpholine rings is 1. The molecule has 2 heterocycles. The van der Waals surface area contributed by atoms with Crippen molar-refractivity contribution in [3.8, 4) is 0 Å². The molecular formula is C10H14N2O5S. The third-order valence-corrected chi connectivity index (χ3v) is 3.83. The molecule has 8 heteroatoms. The Bertz CT molecular complexity index is 375. The predicted molar refractivity (Wildman–Crippen MR) is 63.0 cm³/mol. The molecule has 2 amide bonds. The smallest absolute Gasteiger partial charge is 0.328 e. The van der Waals surface area contributed by atoms with Gasteiger partial charge >= 0.3 is 5.97 Å². The van der Waals surface area contributed by atoms with Crippen molar-refractivity contribution in [1.29, 1.82) is 0 Å². The number of carboxylic acids is 1. The highest BCUT2D eigenvalue weighted by Gasteiger charge is 2.34. The summed E-state index contributed by atoms with van der Waals surface area (Å²) in [6.45, 7) is 0.544. The summed E-state index contributed by atoms with van der Waals surface area (Å²) in [5.41, 5.74) is 0. The lowest BCUT2D eigenvalue weighted by Gasteiger charge is -2.33. The molecule has 0 aromatic heterocycles. The van der Waals surface area contributed by atoms with Gasteiger partial charge in [-0.05, 0) is 0 Å². The number of hydrogen-bond donors (Lipinski definition) is 1. The lowest BCUT2D eigenvalue weighted by atomic mass is 10.2. The number of amides is 2. The van der Waals surface area contributed by atoms with Crippen LogP contribution in [-0.2, 0) is 19.1 Å². The molecule has 2 aliphatic heterocycles. The summed E-state index contributed by atoms with van der Waals surface area (Å²) in [5.74, 6) is -0.606. The molecule has 18 heavy (non-hydrogen) atoms. The zero-order valence-electron chi connectivity index (χ0n) is 9.70. The van der Waals surface area contributed by atoms with Gasteiger partial charge in [0.15, 0.2) is 6.04 Å². The van der Waals surface area contributed by atoms with Gasteiger partial charge in [-0.2, -0.15) is 0 Å². The van der Waals surface area contributed by atoms with Gasteiger partial charge < -0.3 is 19.6 Å². The van der Waals surface area contributed by atoms with Crippen molar-refractivity contribution in [3.05, 3.63) is 0 Å². The zero-order valence-corrected chi connectivity index (χ0v) is 10.5. The van der Waals surface area contributed by atoms with Crippen LogP contribution >= 0.6 is 11.8 Å². The van der Waals surface area contributed by atoms with E-state index in [2.05, 4.69) is 0 Å². The van der Waals surface area contributed by atoms with Crippen LogP contribution in [0.5, 0.6) is 0 Å². The van der Waals surface area contributed by atoms with E-state index >= 15 is 0 Å². The van der Waals surface area contributed by atoms with Crippen molar-refractivity contribution in [2.24, 2.45) is 0 Å². The number of rotatable bonds is 3. The average Bonchev–Trinajstić information content (AvgIpc) is 2.75. The topological polar surface area (TPSA) is 87.2 Å². The first-order chi connectivity index (χ1) is 8.59. The Morgan fingerprint density at radius 3 is 2.89 bits per heavy atom. The van der Waals surface area contributed by atoms with Crippen LogP contribution in [-0.4, -0.2) is 76.7 Å². The largest absolute Gasteiger partial charge is 0.480 e. The maximum absolute atomic E-state index is 12.0. The molecule has 0 spiro atoms. The highest BCUT2D eigenvalue weighted by molar-refractivity contribution is 8.00. The molecule has 1 atom stereocenters. The van der Waals surface area contributed by atoms with E-state index < -0.39 is 12.0 Å². The molecule has 0 aromatic carbocycles. The Labute approximate surface area is 108 Å². The Hall–Kier alpha value is -1.28. The third-order valence-electron chi connectivity index (χ3n) is 2.89. The molecule has 1 N–H and O–H groups in total. The van der Waals surface area contributed by atoms with Crippen LogP contribution in [0.2, 0.25) is 0 Å². The lowest BCUT2D eigenvalue weighted by Crippen LogP contribution is -2.55. The molecule has 0 aromatic rings. The van der Waals surface area contributed by atoms with E-state index in [4.69, 9.17) is 9.84 Å². The average molecular weight is 274 g/mol. The maximum atomic E-state index is 12.0. The van der Waals surface area contributed by atoms with Crippen molar-refractivity contribution in [3.63, 3.8) is 0 Å². The van der Waals surface area contributed by atoms with Gasteiger partial charge in [0.1, 0.15) is 6.54 Å². The predicted octanol–water partition coefficient (Wildman–Crippen LogP) is -1.17. The molecule has 0 saturated carbocycles. The number of carbonyl (C=O) groups is 3. The fourth-order valence-electron chi connectivity index (χ4n) is 1.90. The molecule has 100 valence electrons. The molecule has 7 nitrogen and oxygen atoms in total. The van der Waals surface area contributed by atoms with E-state index in [-0.39, 0.29) is 31.5 Å². The van der Waals surface area contributed by atoms with Crippen LogP contribution in [0.4, 0.5) is 0 Å². The van der Waals surface area contributed by atoms with Gasteiger partial charge in [-0.3, -0.25) is 9.59 Å². The van der Waals surface area contributed by atoms with Gasteiger partial charge in [0.05, 0.1) is 24.8 Å². The fourth-order valence-corrected chi connectivity index (χ4v) is 2.81.